The summed E-state index contributed by atoms with van der Waals surface area (Å²) >= 11 is 3.61. The van der Waals surface area contributed by atoms with Crippen LogP contribution in [0.1, 0.15) is 22.4 Å². The molecule has 0 nitrogen and oxygen atoms in total. The second kappa shape index (κ2) is 6.10. The highest BCUT2D eigenvalue weighted by molar-refractivity contribution is 9.09. The smallest absolute Gasteiger partial charge is 0.159 e. The van der Waals surface area contributed by atoms with Gasteiger partial charge in [0.05, 0.1) is 0 Å². The Kier molecular flexibility index (Phi) is 4.48. The Bertz CT molecular complexity index is 511. The predicted molar refractivity (Wildman–Crippen MR) is 72.8 cm³/mol. The second-order valence-corrected chi connectivity index (χ2v) is 5.27. The molecule has 2 aromatic carbocycles. The lowest BCUT2D eigenvalue weighted by Gasteiger charge is -2.10. The molecule has 1 atom stereocenters. The number of halogens is 3. The highest BCUT2D eigenvalue weighted by atomic mass is 79.9. The Hall–Kier alpha value is -1.22. The Balaban J connectivity index is 1.97. The minimum absolute atomic E-state index is 0.229. The first-order chi connectivity index (χ1) is 8.66. The zero-order valence-electron chi connectivity index (χ0n) is 9.74. The minimum Gasteiger partial charge on any atom is -0.204 e. The predicted octanol–water partition coefficient (Wildman–Crippen LogP) is 5.03. The van der Waals surface area contributed by atoms with E-state index in [2.05, 4.69) is 15.9 Å². The molecule has 3 heteroatoms. The molecule has 0 saturated carbocycles. The molecule has 0 spiro atoms. The molecule has 0 aromatic heterocycles. The molecule has 0 amide bonds. The molecule has 94 valence electrons. The molecule has 0 heterocycles. The number of hydrogen-bond donors (Lipinski definition) is 0. The van der Waals surface area contributed by atoms with Crippen LogP contribution in [0, 0.1) is 11.6 Å². The maximum atomic E-state index is 13.0. The van der Waals surface area contributed by atoms with Gasteiger partial charge in [-0.3, -0.25) is 0 Å². The van der Waals surface area contributed by atoms with Gasteiger partial charge < -0.3 is 0 Å². The fraction of sp³-hybridized carbons (Fsp3) is 0.200. The van der Waals surface area contributed by atoms with Crippen molar-refractivity contribution in [2.24, 2.45) is 0 Å². The molecular weight excluding hydrogens is 298 g/mol. The van der Waals surface area contributed by atoms with Crippen LogP contribution in [0.4, 0.5) is 8.78 Å². The van der Waals surface area contributed by atoms with Crippen molar-refractivity contribution in [1.29, 1.82) is 0 Å². The summed E-state index contributed by atoms with van der Waals surface area (Å²) in [6.07, 6.45) is 1.55. The molecule has 0 aliphatic carbocycles. The maximum absolute atomic E-state index is 13.0. The Morgan fingerprint density at radius 1 is 0.944 bits per heavy atom. The van der Waals surface area contributed by atoms with Crippen molar-refractivity contribution in [2.45, 2.75) is 17.7 Å². The third kappa shape index (κ3) is 3.39. The summed E-state index contributed by atoms with van der Waals surface area (Å²) in [6, 6.07) is 14.1. The van der Waals surface area contributed by atoms with Crippen LogP contribution in [0.5, 0.6) is 0 Å². The van der Waals surface area contributed by atoms with Gasteiger partial charge in [-0.15, -0.1) is 0 Å². The van der Waals surface area contributed by atoms with E-state index < -0.39 is 11.6 Å². The van der Waals surface area contributed by atoms with Crippen molar-refractivity contribution >= 4 is 15.9 Å². The molecule has 1 unspecified atom stereocenters. The second-order valence-electron chi connectivity index (χ2n) is 4.17. The van der Waals surface area contributed by atoms with Gasteiger partial charge in [0, 0.05) is 4.83 Å². The van der Waals surface area contributed by atoms with Gasteiger partial charge in [0.2, 0.25) is 0 Å². The first kappa shape index (κ1) is 13.2. The van der Waals surface area contributed by atoms with Crippen LogP contribution < -0.4 is 0 Å². The quantitative estimate of drug-likeness (QED) is 0.694. The molecule has 0 saturated heterocycles. The van der Waals surface area contributed by atoms with E-state index in [9.17, 15) is 8.78 Å². The van der Waals surface area contributed by atoms with Crippen LogP contribution in [0.3, 0.4) is 0 Å². The van der Waals surface area contributed by atoms with Crippen LogP contribution in [-0.2, 0) is 6.42 Å². The lowest BCUT2D eigenvalue weighted by molar-refractivity contribution is 0.507. The molecular formula is C15H13BrF2. The van der Waals surface area contributed by atoms with Crippen LogP contribution in [-0.4, -0.2) is 0 Å². The summed E-state index contributed by atoms with van der Waals surface area (Å²) in [6.45, 7) is 0. The summed E-state index contributed by atoms with van der Waals surface area (Å²) in [4.78, 5) is 0.229. The Morgan fingerprint density at radius 2 is 1.67 bits per heavy atom. The largest absolute Gasteiger partial charge is 0.204 e. The number of alkyl halides is 1. The first-order valence-corrected chi connectivity index (χ1v) is 6.71. The molecule has 0 N–H and O–H groups in total. The standard InChI is InChI=1S/C15H13BrF2/c16-13(12-4-2-1-3-5-12)8-6-11-7-9-14(17)15(18)10-11/h1-5,7,9-10,13H,6,8H2. The lowest BCUT2D eigenvalue weighted by atomic mass is 10.0. The SMILES string of the molecule is Fc1ccc(CCC(Br)c2ccccc2)cc1F. The van der Waals surface area contributed by atoms with Gasteiger partial charge in [-0.2, -0.15) is 0 Å². The van der Waals surface area contributed by atoms with Crippen LogP contribution >= 0.6 is 15.9 Å². The number of benzene rings is 2. The molecule has 0 aliphatic heterocycles. The summed E-state index contributed by atoms with van der Waals surface area (Å²) in [7, 11) is 0. The van der Waals surface area contributed by atoms with E-state index in [1.165, 1.54) is 17.7 Å². The zero-order valence-corrected chi connectivity index (χ0v) is 11.3. The minimum atomic E-state index is -0.794. The fourth-order valence-corrected chi connectivity index (χ4v) is 2.35. The van der Waals surface area contributed by atoms with Gasteiger partial charge in [-0.05, 0) is 36.1 Å². The molecule has 18 heavy (non-hydrogen) atoms. The average molecular weight is 311 g/mol. The number of hydrogen-bond acceptors (Lipinski definition) is 0. The molecule has 0 radical (unpaired) electrons. The summed E-state index contributed by atoms with van der Waals surface area (Å²) in [5, 5.41) is 0. The highest BCUT2D eigenvalue weighted by Gasteiger charge is 2.08. The van der Waals surface area contributed by atoms with E-state index in [1.807, 2.05) is 30.3 Å². The molecule has 0 aliphatic rings. The summed E-state index contributed by atoms with van der Waals surface area (Å²) in [5.74, 6) is -1.57. The van der Waals surface area contributed by atoms with E-state index in [1.54, 1.807) is 6.07 Å². The summed E-state index contributed by atoms with van der Waals surface area (Å²) < 4.78 is 25.8. The van der Waals surface area contributed by atoms with Gasteiger partial charge >= 0.3 is 0 Å². The monoisotopic (exact) mass is 310 g/mol. The third-order valence-corrected chi connectivity index (χ3v) is 3.82. The summed E-state index contributed by atoms with van der Waals surface area (Å²) in [5.41, 5.74) is 2.01. The first-order valence-electron chi connectivity index (χ1n) is 5.80. The number of aryl methyl sites for hydroxylation is 1. The fourth-order valence-electron chi connectivity index (χ4n) is 1.82. The van der Waals surface area contributed by atoms with Gasteiger partial charge in [-0.1, -0.05) is 52.3 Å². The normalized spacial score (nSPS) is 12.4. The Morgan fingerprint density at radius 3 is 2.33 bits per heavy atom. The Labute approximate surface area is 114 Å². The van der Waals surface area contributed by atoms with E-state index in [0.717, 1.165) is 12.0 Å². The van der Waals surface area contributed by atoms with E-state index >= 15 is 0 Å². The van der Waals surface area contributed by atoms with Gasteiger partial charge in [0.15, 0.2) is 11.6 Å². The molecule has 2 rings (SSSR count). The topological polar surface area (TPSA) is 0 Å². The van der Waals surface area contributed by atoms with E-state index in [-0.39, 0.29) is 4.83 Å². The van der Waals surface area contributed by atoms with Crippen LogP contribution in [0.2, 0.25) is 0 Å². The van der Waals surface area contributed by atoms with Gasteiger partial charge in [0.25, 0.3) is 0 Å². The van der Waals surface area contributed by atoms with Gasteiger partial charge in [-0.25, -0.2) is 8.78 Å². The van der Waals surface area contributed by atoms with Crippen molar-refractivity contribution < 1.29 is 8.78 Å². The van der Waals surface area contributed by atoms with Crippen molar-refractivity contribution in [3.8, 4) is 0 Å². The maximum Gasteiger partial charge on any atom is 0.159 e. The van der Waals surface area contributed by atoms with Crippen LogP contribution in [0.15, 0.2) is 48.5 Å². The molecule has 0 fully saturated rings. The van der Waals surface area contributed by atoms with Crippen LogP contribution in [0.25, 0.3) is 0 Å². The lowest BCUT2D eigenvalue weighted by Crippen LogP contribution is -1.95. The number of rotatable bonds is 4. The molecule has 2 aromatic rings. The zero-order chi connectivity index (χ0) is 13.0. The highest BCUT2D eigenvalue weighted by Crippen LogP contribution is 2.27. The van der Waals surface area contributed by atoms with Crippen molar-refractivity contribution in [3.63, 3.8) is 0 Å². The third-order valence-electron chi connectivity index (χ3n) is 2.83. The average Bonchev–Trinajstić information content (AvgIpc) is 2.41. The van der Waals surface area contributed by atoms with Crippen molar-refractivity contribution in [1.82, 2.24) is 0 Å². The van der Waals surface area contributed by atoms with E-state index in [4.69, 9.17) is 0 Å². The van der Waals surface area contributed by atoms with Gasteiger partial charge in [0.1, 0.15) is 0 Å². The molecule has 0 bridgehead atoms. The van der Waals surface area contributed by atoms with Crippen molar-refractivity contribution in [2.75, 3.05) is 0 Å². The van der Waals surface area contributed by atoms with Crippen molar-refractivity contribution in [3.05, 3.63) is 71.3 Å². The van der Waals surface area contributed by atoms with E-state index in [0.29, 0.717) is 6.42 Å².